The van der Waals surface area contributed by atoms with E-state index >= 15 is 0 Å². The lowest BCUT2D eigenvalue weighted by atomic mass is 10.1. The molecule has 1 heterocycles. The van der Waals surface area contributed by atoms with Crippen LogP contribution in [0.25, 0.3) is 22.2 Å². The molecule has 3 aromatic rings. The second-order valence-electron chi connectivity index (χ2n) is 5.63. The molecule has 0 saturated carbocycles. The number of benzene rings is 2. The molecule has 0 aliphatic carbocycles. The van der Waals surface area contributed by atoms with E-state index in [1.165, 1.54) is 12.1 Å². The van der Waals surface area contributed by atoms with Crippen molar-refractivity contribution >= 4 is 16.6 Å². The van der Waals surface area contributed by atoms with Crippen LogP contribution < -0.4 is 0 Å². The molecule has 2 aromatic carbocycles. The first-order valence-corrected chi connectivity index (χ1v) is 7.59. The average Bonchev–Trinajstić information content (AvgIpc) is 2.80. The zero-order chi connectivity index (χ0) is 16.6. The van der Waals surface area contributed by atoms with Gasteiger partial charge in [0.05, 0.1) is 10.6 Å². The van der Waals surface area contributed by atoms with E-state index in [1.54, 1.807) is 24.3 Å². The van der Waals surface area contributed by atoms with E-state index in [0.29, 0.717) is 0 Å². The van der Waals surface area contributed by atoms with E-state index in [1.807, 2.05) is 13.0 Å². The quantitative estimate of drug-likeness (QED) is 0.564. The van der Waals surface area contributed by atoms with Gasteiger partial charge in [0.2, 0.25) is 0 Å². The number of fused-ring (bicyclic) bond motifs is 1. The third kappa shape index (κ3) is 2.54. The van der Waals surface area contributed by atoms with Crippen molar-refractivity contribution in [1.29, 1.82) is 0 Å². The fraction of sp³-hybridized carbons (Fsp3) is 0.222. The molecule has 0 radical (unpaired) electrons. The van der Waals surface area contributed by atoms with Crippen LogP contribution in [-0.2, 0) is 6.54 Å². The van der Waals surface area contributed by atoms with Gasteiger partial charge in [-0.1, -0.05) is 6.92 Å². The summed E-state index contributed by atoms with van der Waals surface area (Å²) >= 11 is 0. The van der Waals surface area contributed by atoms with Crippen LogP contribution in [0.15, 0.2) is 42.5 Å². The minimum atomic E-state index is -0.393. The van der Waals surface area contributed by atoms with Crippen molar-refractivity contribution in [2.45, 2.75) is 26.8 Å². The molecule has 0 aliphatic rings. The minimum Gasteiger partial charge on any atom is -0.508 e. The van der Waals surface area contributed by atoms with Crippen LogP contribution in [-0.4, -0.2) is 14.6 Å². The van der Waals surface area contributed by atoms with Crippen molar-refractivity contribution < 1.29 is 10.0 Å². The normalized spacial score (nSPS) is 11.0. The van der Waals surface area contributed by atoms with Gasteiger partial charge in [0.1, 0.15) is 5.75 Å². The van der Waals surface area contributed by atoms with E-state index in [2.05, 4.69) is 11.5 Å². The van der Waals surface area contributed by atoms with Crippen molar-refractivity contribution in [2.24, 2.45) is 0 Å². The highest BCUT2D eigenvalue weighted by Crippen LogP contribution is 2.35. The maximum Gasteiger partial charge on any atom is 0.269 e. The molecule has 0 unspecified atom stereocenters. The Morgan fingerprint density at radius 1 is 1.17 bits per heavy atom. The molecule has 1 N–H and O–H groups in total. The Balaban J connectivity index is 2.24. The van der Waals surface area contributed by atoms with Gasteiger partial charge in [-0.3, -0.25) is 10.1 Å². The highest BCUT2D eigenvalue weighted by molar-refractivity contribution is 5.92. The van der Waals surface area contributed by atoms with Crippen molar-refractivity contribution in [3.05, 3.63) is 58.1 Å². The van der Waals surface area contributed by atoms with Crippen molar-refractivity contribution in [3.63, 3.8) is 0 Å². The predicted molar refractivity (Wildman–Crippen MR) is 90.7 cm³/mol. The van der Waals surface area contributed by atoms with E-state index in [9.17, 15) is 15.2 Å². The Labute approximate surface area is 133 Å². The monoisotopic (exact) mass is 310 g/mol. The van der Waals surface area contributed by atoms with Crippen LogP contribution in [0.2, 0.25) is 0 Å². The molecule has 1 aromatic heterocycles. The van der Waals surface area contributed by atoms with E-state index < -0.39 is 4.92 Å². The number of aryl methyl sites for hydroxylation is 2. The number of phenols is 1. The Bertz CT molecular complexity index is 879. The van der Waals surface area contributed by atoms with Gasteiger partial charge in [0.25, 0.3) is 5.69 Å². The van der Waals surface area contributed by atoms with Gasteiger partial charge in [-0.25, -0.2) is 0 Å². The number of hydrogen-bond acceptors (Lipinski definition) is 3. The fourth-order valence-corrected chi connectivity index (χ4v) is 3.08. The lowest BCUT2D eigenvalue weighted by Crippen LogP contribution is -1.99. The van der Waals surface area contributed by atoms with E-state index in [4.69, 9.17) is 0 Å². The summed E-state index contributed by atoms with van der Waals surface area (Å²) in [7, 11) is 0. The molecule has 0 bridgehead atoms. The Morgan fingerprint density at radius 3 is 2.48 bits per heavy atom. The third-order valence-corrected chi connectivity index (χ3v) is 4.10. The minimum absolute atomic E-state index is 0.0854. The summed E-state index contributed by atoms with van der Waals surface area (Å²) in [5.41, 5.74) is 4.20. The molecule has 0 aliphatic heterocycles. The van der Waals surface area contributed by atoms with Crippen molar-refractivity contribution in [1.82, 2.24) is 4.57 Å². The number of nitro benzene ring substituents is 1. The summed E-state index contributed by atoms with van der Waals surface area (Å²) < 4.78 is 2.21. The molecular formula is C18H18N2O3. The first-order chi connectivity index (χ1) is 11.0. The standard InChI is InChI=1S/C18H18N2O3/c1-3-10-19-17-9-8-15(21)11-16(17)12(2)18(19)13-4-6-14(7-5-13)20(22)23/h4-9,11,21H,3,10H2,1-2H3. The van der Waals surface area contributed by atoms with Crippen molar-refractivity contribution in [2.75, 3.05) is 0 Å². The molecule has 0 fully saturated rings. The van der Waals surface area contributed by atoms with Crippen LogP contribution in [0.5, 0.6) is 5.75 Å². The largest absolute Gasteiger partial charge is 0.508 e. The highest BCUT2D eigenvalue weighted by Gasteiger charge is 2.16. The molecule has 118 valence electrons. The van der Waals surface area contributed by atoms with Gasteiger partial charge < -0.3 is 9.67 Å². The smallest absolute Gasteiger partial charge is 0.269 e. The second-order valence-corrected chi connectivity index (χ2v) is 5.63. The molecule has 5 heteroatoms. The van der Waals surface area contributed by atoms with Gasteiger partial charge in [0.15, 0.2) is 0 Å². The van der Waals surface area contributed by atoms with Gasteiger partial charge in [0, 0.05) is 29.6 Å². The number of phenolic OH excluding ortho intramolecular Hbond substituents is 1. The molecule has 0 saturated heterocycles. The maximum atomic E-state index is 10.8. The molecule has 0 amide bonds. The number of hydrogen-bond donors (Lipinski definition) is 1. The van der Waals surface area contributed by atoms with Gasteiger partial charge in [-0.2, -0.15) is 0 Å². The predicted octanol–water partition coefficient (Wildman–Crippen LogP) is 4.64. The molecule has 0 atom stereocenters. The van der Waals surface area contributed by atoms with Crippen LogP contribution >= 0.6 is 0 Å². The lowest BCUT2D eigenvalue weighted by molar-refractivity contribution is -0.384. The number of aromatic nitrogens is 1. The summed E-state index contributed by atoms with van der Waals surface area (Å²) in [6.07, 6.45) is 0.976. The number of nitrogens with zero attached hydrogens (tertiary/aromatic N) is 2. The fourth-order valence-electron chi connectivity index (χ4n) is 3.08. The lowest BCUT2D eigenvalue weighted by Gasteiger charge is -2.10. The van der Waals surface area contributed by atoms with E-state index in [0.717, 1.165) is 40.7 Å². The van der Waals surface area contributed by atoms with Crippen LogP contribution in [0.3, 0.4) is 0 Å². The SMILES string of the molecule is CCCn1c(-c2ccc([N+](=O)[O-])cc2)c(C)c2cc(O)ccc21. The topological polar surface area (TPSA) is 68.3 Å². The Kier molecular flexibility index (Phi) is 3.78. The van der Waals surface area contributed by atoms with E-state index in [-0.39, 0.29) is 11.4 Å². The maximum absolute atomic E-state index is 10.8. The molecule has 3 rings (SSSR count). The summed E-state index contributed by atoms with van der Waals surface area (Å²) in [5.74, 6) is 0.240. The average molecular weight is 310 g/mol. The Hall–Kier alpha value is -2.82. The molecule has 23 heavy (non-hydrogen) atoms. The van der Waals surface area contributed by atoms with Crippen molar-refractivity contribution in [3.8, 4) is 17.0 Å². The first kappa shape index (κ1) is 15.1. The van der Waals surface area contributed by atoms with Crippen LogP contribution in [0.1, 0.15) is 18.9 Å². The zero-order valence-corrected chi connectivity index (χ0v) is 13.1. The highest BCUT2D eigenvalue weighted by atomic mass is 16.6. The number of non-ortho nitro benzene ring substituents is 1. The summed E-state index contributed by atoms with van der Waals surface area (Å²) in [6, 6.07) is 12.0. The number of nitro groups is 1. The second kappa shape index (κ2) is 5.76. The van der Waals surface area contributed by atoms with Gasteiger partial charge >= 0.3 is 0 Å². The summed E-state index contributed by atoms with van der Waals surface area (Å²) in [4.78, 5) is 10.4. The van der Waals surface area contributed by atoms with Crippen LogP contribution in [0.4, 0.5) is 5.69 Å². The number of aromatic hydroxyl groups is 1. The Morgan fingerprint density at radius 2 is 1.87 bits per heavy atom. The zero-order valence-electron chi connectivity index (χ0n) is 13.1. The first-order valence-electron chi connectivity index (χ1n) is 7.59. The molecule has 0 spiro atoms. The van der Waals surface area contributed by atoms with Gasteiger partial charge in [-0.15, -0.1) is 0 Å². The summed E-state index contributed by atoms with van der Waals surface area (Å²) in [6.45, 7) is 4.98. The molecule has 5 nitrogen and oxygen atoms in total. The third-order valence-electron chi connectivity index (χ3n) is 4.10. The molecular weight excluding hydrogens is 292 g/mol. The van der Waals surface area contributed by atoms with Gasteiger partial charge in [-0.05, 0) is 54.8 Å². The number of rotatable bonds is 4. The van der Waals surface area contributed by atoms with Crippen LogP contribution in [0, 0.1) is 17.0 Å². The summed E-state index contributed by atoms with van der Waals surface area (Å²) in [5, 5.41) is 21.6.